The maximum atomic E-state index is 14.5. The molecule has 1 aliphatic heterocycles. The Morgan fingerprint density at radius 1 is 1.07 bits per heavy atom. The van der Waals surface area contributed by atoms with E-state index in [1.807, 2.05) is 37.4 Å². The van der Waals surface area contributed by atoms with Crippen molar-refractivity contribution in [2.45, 2.75) is 57.3 Å². The largest absolute Gasteiger partial charge is 0.483 e. The monoisotopic (exact) mass is 585 g/mol. The Balaban J connectivity index is 1.48. The molecule has 1 aliphatic rings. The molecule has 0 unspecified atom stereocenters. The predicted octanol–water partition coefficient (Wildman–Crippen LogP) is 3.38. The highest BCUT2D eigenvalue weighted by Crippen LogP contribution is 2.33. The number of hydrogen-bond acceptors (Lipinski definition) is 6. The van der Waals surface area contributed by atoms with Gasteiger partial charge in [-0.1, -0.05) is 54.6 Å². The third-order valence-electron chi connectivity index (χ3n) is 6.91. The number of ether oxygens (including phenoxy) is 1. The second-order valence-corrected chi connectivity index (χ2v) is 11.2. The molecule has 0 spiro atoms. The van der Waals surface area contributed by atoms with E-state index in [1.54, 1.807) is 42.5 Å². The van der Waals surface area contributed by atoms with Gasteiger partial charge in [-0.05, 0) is 48.4 Å². The maximum absolute atomic E-state index is 14.5. The molecule has 0 saturated carbocycles. The molecule has 8 nitrogen and oxygen atoms in total. The fourth-order valence-electron chi connectivity index (χ4n) is 4.85. The SMILES string of the molecule is Cc1cccc(C)c1OCC(=O)N[C@@H](Cc1ccccc1)[C@H](O)C(=O)N1CC(F)(F)C[C@H]1C(=O)NCc1cccs1. The summed E-state index contributed by atoms with van der Waals surface area (Å²) in [7, 11) is 0. The van der Waals surface area contributed by atoms with Crippen LogP contribution in [-0.4, -0.2) is 65.0 Å². The number of thiophene rings is 1. The molecule has 41 heavy (non-hydrogen) atoms. The van der Waals surface area contributed by atoms with Crippen LogP contribution in [-0.2, 0) is 27.3 Å². The van der Waals surface area contributed by atoms with Crippen LogP contribution in [0.3, 0.4) is 0 Å². The number of carbonyl (C=O) groups is 3. The van der Waals surface area contributed by atoms with Crippen molar-refractivity contribution in [3.8, 4) is 5.75 Å². The molecule has 218 valence electrons. The van der Waals surface area contributed by atoms with Crippen LogP contribution in [0.5, 0.6) is 5.75 Å². The van der Waals surface area contributed by atoms with Crippen molar-refractivity contribution in [2.75, 3.05) is 13.2 Å². The van der Waals surface area contributed by atoms with Crippen LogP contribution < -0.4 is 15.4 Å². The van der Waals surface area contributed by atoms with E-state index in [0.717, 1.165) is 16.0 Å². The van der Waals surface area contributed by atoms with Gasteiger partial charge in [0, 0.05) is 11.3 Å². The van der Waals surface area contributed by atoms with Crippen LogP contribution in [0.2, 0.25) is 0 Å². The lowest BCUT2D eigenvalue weighted by Gasteiger charge is -2.30. The highest BCUT2D eigenvalue weighted by Gasteiger charge is 2.51. The van der Waals surface area contributed by atoms with Gasteiger partial charge in [-0.25, -0.2) is 8.78 Å². The molecule has 0 radical (unpaired) electrons. The van der Waals surface area contributed by atoms with Crippen molar-refractivity contribution in [3.05, 3.63) is 87.6 Å². The molecule has 3 amide bonds. The van der Waals surface area contributed by atoms with Crippen LogP contribution in [0.4, 0.5) is 8.78 Å². The highest BCUT2D eigenvalue weighted by molar-refractivity contribution is 7.09. The summed E-state index contributed by atoms with van der Waals surface area (Å²) >= 11 is 1.40. The van der Waals surface area contributed by atoms with Gasteiger partial charge in [-0.15, -0.1) is 11.3 Å². The zero-order chi connectivity index (χ0) is 29.6. The summed E-state index contributed by atoms with van der Waals surface area (Å²) in [6, 6.07) is 15.4. The number of para-hydroxylation sites is 1. The van der Waals surface area contributed by atoms with Crippen molar-refractivity contribution in [2.24, 2.45) is 0 Å². The van der Waals surface area contributed by atoms with Gasteiger partial charge in [0.05, 0.1) is 19.1 Å². The third kappa shape index (κ3) is 7.89. The quantitative estimate of drug-likeness (QED) is 0.320. The Kier molecular flexibility index (Phi) is 9.72. The van der Waals surface area contributed by atoms with E-state index in [0.29, 0.717) is 16.2 Å². The minimum absolute atomic E-state index is 0.0440. The number of alkyl halides is 2. The van der Waals surface area contributed by atoms with Gasteiger partial charge in [0.1, 0.15) is 11.8 Å². The van der Waals surface area contributed by atoms with Gasteiger partial charge < -0.3 is 25.4 Å². The number of benzene rings is 2. The van der Waals surface area contributed by atoms with Crippen molar-refractivity contribution < 1.29 is 33.0 Å². The zero-order valence-corrected chi connectivity index (χ0v) is 23.6. The van der Waals surface area contributed by atoms with E-state index in [2.05, 4.69) is 10.6 Å². The Morgan fingerprint density at radius 3 is 2.44 bits per heavy atom. The number of likely N-dealkylation sites (tertiary alicyclic amines) is 1. The molecule has 1 fully saturated rings. The number of amides is 3. The van der Waals surface area contributed by atoms with Crippen LogP contribution in [0.25, 0.3) is 0 Å². The number of hydrogen-bond donors (Lipinski definition) is 3. The van der Waals surface area contributed by atoms with Crippen molar-refractivity contribution in [1.82, 2.24) is 15.5 Å². The smallest absolute Gasteiger partial charge is 0.267 e. The fourth-order valence-corrected chi connectivity index (χ4v) is 5.50. The number of rotatable bonds is 11. The summed E-state index contributed by atoms with van der Waals surface area (Å²) in [5.74, 6) is -5.15. The minimum atomic E-state index is -3.31. The van der Waals surface area contributed by atoms with Crippen molar-refractivity contribution in [1.29, 1.82) is 0 Å². The van der Waals surface area contributed by atoms with E-state index >= 15 is 0 Å². The predicted molar refractivity (Wildman–Crippen MR) is 151 cm³/mol. The van der Waals surface area contributed by atoms with Gasteiger partial charge in [0.25, 0.3) is 17.7 Å². The van der Waals surface area contributed by atoms with Crippen LogP contribution in [0, 0.1) is 13.8 Å². The second kappa shape index (κ2) is 13.2. The molecule has 4 rings (SSSR count). The van der Waals surface area contributed by atoms with Crippen LogP contribution in [0.15, 0.2) is 66.0 Å². The summed E-state index contributed by atoms with van der Waals surface area (Å²) in [5, 5.41) is 18.2. The van der Waals surface area contributed by atoms with Crippen LogP contribution in [0.1, 0.15) is 28.0 Å². The molecule has 1 saturated heterocycles. The number of aliphatic hydroxyl groups is 1. The molecule has 3 aromatic rings. The average molecular weight is 586 g/mol. The fraction of sp³-hybridized carbons (Fsp3) is 0.367. The van der Waals surface area contributed by atoms with E-state index < -0.39 is 54.8 Å². The van der Waals surface area contributed by atoms with Gasteiger partial charge in [0.2, 0.25) is 5.91 Å². The lowest BCUT2D eigenvalue weighted by atomic mass is 9.99. The molecule has 1 aromatic heterocycles. The molecule has 0 bridgehead atoms. The molecule has 0 aliphatic carbocycles. The first-order chi connectivity index (χ1) is 19.5. The first-order valence-corrected chi connectivity index (χ1v) is 14.1. The van der Waals surface area contributed by atoms with Crippen LogP contribution >= 0.6 is 11.3 Å². The number of aryl methyl sites for hydroxylation is 2. The summed E-state index contributed by atoms with van der Waals surface area (Å²) in [4.78, 5) is 40.8. The van der Waals surface area contributed by atoms with Gasteiger partial charge >= 0.3 is 0 Å². The number of halogens is 2. The lowest BCUT2D eigenvalue weighted by molar-refractivity contribution is -0.147. The van der Waals surface area contributed by atoms with E-state index in [-0.39, 0.29) is 19.6 Å². The first kappa shape index (κ1) is 30.1. The normalized spacial score (nSPS) is 17.5. The molecule has 3 N–H and O–H groups in total. The Hall–Kier alpha value is -3.83. The number of nitrogens with zero attached hydrogens (tertiary/aromatic N) is 1. The molecule has 3 atom stereocenters. The molecular formula is C30H33F2N3O5S. The Labute approximate surface area is 241 Å². The topological polar surface area (TPSA) is 108 Å². The Bertz CT molecular complexity index is 1330. The summed E-state index contributed by atoms with van der Waals surface area (Å²) in [5.41, 5.74) is 2.39. The standard InChI is InChI=1S/C30H33F2N3O5S/c1-19-8-6-9-20(2)27(19)40-17-25(36)34-23(14-21-10-4-3-5-11-21)26(37)29(39)35-18-30(31,32)15-24(35)28(38)33-16-22-12-7-13-41-22/h3-13,23-24,26,37H,14-18H2,1-2H3,(H,33,38)(H,34,36)/t23-,24-,26-/m0/s1. The molecular weight excluding hydrogens is 552 g/mol. The lowest BCUT2D eigenvalue weighted by Crippen LogP contribution is -2.56. The molecule has 2 aromatic carbocycles. The number of carbonyl (C=O) groups excluding carboxylic acids is 3. The van der Waals surface area contributed by atoms with Gasteiger partial charge in [0.15, 0.2) is 12.7 Å². The zero-order valence-electron chi connectivity index (χ0n) is 22.8. The van der Waals surface area contributed by atoms with Gasteiger partial charge in [-0.2, -0.15) is 0 Å². The van der Waals surface area contributed by atoms with E-state index in [9.17, 15) is 28.3 Å². The number of aliphatic hydroxyl groups excluding tert-OH is 1. The maximum Gasteiger partial charge on any atom is 0.267 e. The molecule has 2 heterocycles. The number of nitrogens with one attached hydrogen (secondary N) is 2. The second-order valence-electron chi connectivity index (χ2n) is 10.2. The highest BCUT2D eigenvalue weighted by atomic mass is 32.1. The van der Waals surface area contributed by atoms with Crippen molar-refractivity contribution in [3.63, 3.8) is 0 Å². The average Bonchev–Trinajstić information content (AvgIpc) is 3.58. The summed E-state index contributed by atoms with van der Waals surface area (Å²) in [6.45, 7) is 2.44. The van der Waals surface area contributed by atoms with E-state index in [1.165, 1.54) is 11.3 Å². The summed E-state index contributed by atoms with van der Waals surface area (Å²) < 4.78 is 34.7. The van der Waals surface area contributed by atoms with E-state index in [4.69, 9.17) is 4.74 Å². The third-order valence-corrected chi connectivity index (χ3v) is 7.78. The minimum Gasteiger partial charge on any atom is -0.483 e. The van der Waals surface area contributed by atoms with Crippen molar-refractivity contribution >= 4 is 29.1 Å². The Morgan fingerprint density at radius 2 is 1.78 bits per heavy atom. The van der Waals surface area contributed by atoms with Gasteiger partial charge in [-0.3, -0.25) is 14.4 Å². The first-order valence-electron chi connectivity index (χ1n) is 13.2. The summed E-state index contributed by atoms with van der Waals surface area (Å²) in [6.07, 6.45) is -2.70. The molecule has 11 heteroatoms.